The van der Waals surface area contributed by atoms with Crippen LogP contribution in [0.4, 0.5) is 0 Å². The molecule has 0 fully saturated rings. The van der Waals surface area contributed by atoms with Gasteiger partial charge in [-0.05, 0) is 49.2 Å². The lowest BCUT2D eigenvalue weighted by Gasteiger charge is -2.05. The first-order valence-corrected chi connectivity index (χ1v) is 9.45. The second-order valence-electron chi connectivity index (χ2n) is 6.59. The molecule has 0 heterocycles. The molecule has 2 amide bonds. The second kappa shape index (κ2) is 9.93. The number of benzene rings is 3. The molecule has 0 spiro atoms. The number of hydrazone groups is 2. The highest BCUT2D eigenvalue weighted by Crippen LogP contribution is 2.06. The predicted molar refractivity (Wildman–Crippen MR) is 119 cm³/mol. The molecule has 0 aromatic heterocycles. The Balaban J connectivity index is 1.60. The van der Waals surface area contributed by atoms with E-state index >= 15 is 0 Å². The molecule has 0 aliphatic rings. The van der Waals surface area contributed by atoms with Gasteiger partial charge in [0.05, 0.1) is 11.4 Å². The van der Waals surface area contributed by atoms with E-state index in [1.54, 1.807) is 24.3 Å². The fourth-order valence-corrected chi connectivity index (χ4v) is 2.66. The smallest absolute Gasteiger partial charge is 0.267 e. The molecule has 0 aliphatic carbocycles. The molecule has 6 heteroatoms. The first-order chi connectivity index (χ1) is 14.5. The van der Waals surface area contributed by atoms with Crippen molar-refractivity contribution in [2.45, 2.75) is 13.8 Å². The Bertz CT molecular complexity index is 985. The standard InChI is InChI=1S/C24H22N4O2/c1-17(19-9-5-3-6-10-19)25-27-23(29)21-13-15-22(16-14-21)24(30)28-26-18(2)20-11-7-4-8-12-20/h3-16H,1-2H3,(H,27,29)(H,28,30)/b25-17+,26-18+. The van der Waals surface area contributed by atoms with Crippen molar-refractivity contribution >= 4 is 23.2 Å². The van der Waals surface area contributed by atoms with Gasteiger partial charge in [0.1, 0.15) is 0 Å². The van der Waals surface area contributed by atoms with E-state index in [1.807, 2.05) is 74.5 Å². The topological polar surface area (TPSA) is 82.9 Å². The Labute approximate surface area is 175 Å². The largest absolute Gasteiger partial charge is 0.271 e. The van der Waals surface area contributed by atoms with E-state index in [4.69, 9.17) is 0 Å². The van der Waals surface area contributed by atoms with Crippen molar-refractivity contribution in [3.8, 4) is 0 Å². The molecule has 150 valence electrons. The molecular formula is C24H22N4O2. The molecule has 3 aromatic rings. The SMILES string of the molecule is C/C(=N\NC(=O)c1ccc(C(=O)N/N=C(\C)c2ccccc2)cc1)c1ccccc1. The van der Waals surface area contributed by atoms with Crippen molar-refractivity contribution in [3.05, 3.63) is 107 Å². The lowest BCUT2D eigenvalue weighted by Crippen LogP contribution is -2.21. The van der Waals surface area contributed by atoms with Gasteiger partial charge in [0, 0.05) is 11.1 Å². The number of hydrogen-bond donors (Lipinski definition) is 2. The van der Waals surface area contributed by atoms with Crippen molar-refractivity contribution < 1.29 is 9.59 Å². The minimum Gasteiger partial charge on any atom is -0.267 e. The molecule has 0 saturated carbocycles. The molecule has 0 radical (unpaired) electrons. The van der Waals surface area contributed by atoms with Crippen LogP contribution in [0.2, 0.25) is 0 Å². The van der Waals surface area contributed by atoms with Crippen LogP contribution in [0.25, 0.3) is 0 Å². The van der Waals surface area contributed by atoms with Crippen LogP contribution in [-0.4, -0.2) is 23.2 Å². The van der Waals surface area contributed by atoms with Gasteiger partial charge in [0.15, 0.2) is 0 Å². The summed E-state index contributed by atoms with van der Waals surface area (Å²) >= 11 is 0. The normalized spacial score (nSPS) is 11.7. The Morgan fingerprint density at radius 2 is 0.867 bits per heavy atom. The number of amides is 2. The molecule has 6 nitrogen and oxygen atoms in total. The maximum atomic E-state index is 12.3. The summed E-state index contributed by atoms with van der Waals surface area (Å²) in [5.41, 5.74) is 9.12. The van der Waals surface area contributed by atoms with Crippen LogP contribution >= 0.6 is 0 Å². The van der Waals surface area contributed by atoms with Crippen molar-refractivity contribution in [3.63, 3.8) is 0 Å². The third-order valence-corrected chi connectivity index (χ3v) is 4.44. The highest BCUT2D eigenvalue weighted by atomic mass is 16.2. The van der Waals surface area contributed by atoms with Crippen LogP contribution in [0.3, 0.4) is 0 Å². The fraction of sp³-hybridized carbons (Fsp3) is 0.0833. The first kappa shape index (κ1) is 20.7. The number of nitrogens with one attached hydrogen (secondary N) is 2. The quantitative estimate of drug-likeness (QED) is 0.486. The third-order valence-electron chi connectivity index (χ3n) is 4.44. The number of hydrogen-bond acceptors (Lipinski definition) is 4. The summed E-state index contributed by atoms with van der Waals surface area (Å²) in [6, 6.07) is 25.4. The lowest BCUT2D eigenvalue weighted by atomic mass is 10.1. The number of nitrogens with zero attached hydrogens (tertiary/aromatic N) is 2. The second-order valence-corrected chi connectivity index (χ2v) is 6.59. The van der Waals surface area contributed by atoms with Crippen LogP contribution in [0.15, 0.2) is 95.1 Å². The monoisotopic (exact) mass is 398 g/mol. The molecule has 3 aromatic carbocycles. The van der Waals surface area contributed by atoms with Crippen LogP contribution in [-0.2, 0) is 0 Å². The van der Waals surface area contributed by atoms with Gasteiger partial charge in [-0.25, -0.2) is 10.9 Å². The van der Waals surface area contributed by atoms with Gasteiger partial charge in [-0.2, -0.15) is 10.2 Å². The summed E-state index contributed by atoms with van der Waals surface area (Å²) in [4.78, 5) is 24.6. The van der Waals surface area contributed by atoms with Gasteiger partial charge in [0.25, 0.3) is 11.8 Å². The van der Waals surface area contributed by atoms with Gasteiger partial charge >= 0.3 is 0 Å². The molecule has 0 bridgehead atoms. The van der Waals surface area contributed by atoms with Crippen molar-refractivity contribution in [1.29, 1.82) is 0 Å². The van der Waals surface area contributed by atoms with Gasteiger partial charge in [-0.1, -0.05) is 60.7 Å². The summed E-state index contributed by atoms with van der Waals surface area (Å²) in [5.74, 6) is -0.703. The van der Waals surface area contributed by atoms with Crippen LogP contribution in [0, 0.1) is 0 Å². The zero-order valence-electron chi connectivity index (χ0n) is 16.8. The predicted octanol–water partition coefficient (Wildman–Crippen LogP) is 3.99. The summed E-state index contributed by atoms with van der Waals surface area (Å²) in [7, 11) is 0. The van der Waals surface area contributed by atoms with Crippen molar-refractivity contribution in [2.75, 3.05) is 0 Å². The summed E-state index contributed by atoms with van der Waals surface area (Å²) in [6.45, 7) is 3.64. The van der Waals surface area contributed by atoms with Crippen molar-refractivity contribution in [1.82, 2.24) is 10.9 Å². The van der Waals surface area contributed by atoms with E-state index in [-0.39, 0.29) is 11.8 Å². The molecule has 3 rings (SSSR count). The molecule has 0 atom stereocenters. The third kappa shape index (κ3) is 5.48. The van der Waals surface area contributed by atoms with E-state index < -0.39 is 0 Å². The maximum absolute atomic E-state index is 12.3. The van der Waals surface area contributed by atoms with Crippen LogP contribution < -0.4 is 10.9 Å². The Hall–Kier alpha value is -4.06. The number of rotatable bonds is 6. The number of carbonyl (C=O) groups is 2. The molecular weight excluding hydrogens is 376 g/mol. The first-order valence-electron chi connectivity index (χ1n) is 9.45. The summed E-state index contributed by atoms with van der Waals surface area (Å²) < 4.78 is 0. The maximum Gasteiger partial charge on any atom is 0.271 e. The fourth-order valence-electron chi connectivity index (χ4n) is 2.66. The summed E-state index contributed by atoms with van der Waals surface area (Å²) in [6.07, 6.45) is 0. The molecule has 0 unspecified atom stereocenters. The number of carbonyl (C=O) groups excluding carboxylic acids is 2. The zero-order valence-corrected chi connectivity index (χ0v) is 16.8. The minimum atomic E-state index is -0.352. The highest BCUT2D eigenvalue weighted by molar-refractivity contribution is 6.02. The molecule has 2 N–H and O–H groups in total. The van der Waals surface area contributed by atoms with Gasteiger partial charge in [0.2, 0.25) is 0 Å². The minimum absolute atomic E-state index is 0.352. The van der Waals surface area contributed by atoms with E-state index in [9.17, 15) is 9.59 Å². The Kier molecular flexibility index (Phi) is 6.84. The average Bonchev–Trinajstić information content (AvgIpc) is 2.81. The van der Waals surface area contributed by atoms with Crippen molar-refractivity contribution in [2.24, 2.45) is 10.2 Å². The summed E-state index contributed by atoms with van der Waals surface area (Å²) in [5, 5.41) is 8.25. The van der Waals surface area contributed by atoms with Gasteiger partial charge in [-0.3, -0.25) is 9.59 Å². The molecule has 0 aliphatic heterocycles. The molecule has 30 heavy (non-hydrogen) atoms. The van der Waals surface area contributed by atoms with Crippen LogP contribution in [0.5, 0.6) is 0 Å². The lowest BCUT2D eigenvalue weighted by molar-refractivity contribution is 0.0943. The zero-order chi connectivity index (χ0) is 21.3. The highest BCUT2D eigenvalue weighted by Gasteiger charge is 2.09. The Morgan fingerprint density at radius 1 is 0.533 bits per heavy atom. The van der Waals surface area contributed by atoms with E-state index in [2.05, 4.69) is 21.1 Å². The van der Waals surface area contributed by atoms with E-state index in [1.165, 1.54) is 0 Å². The van der Waals surface area contributed by atoms with E-state index in [0.29, 0.717) is 22.6 Å². The average molecular weight is 398 g/mol. The van der Waals surface area contributed by atoms with Crippen LogP contribution in [0.1, 0.15) is 45.7 Å². The Morgan fingerprint density at radius 3 is 1.20 bits per heavy atom. The molecule has 0 saturated heterocycles. The van der Waals surface area contributed by atoms with Gasteiger partial charge < -0.3 is 0 Å². The van der Waals surface area contributed by atoms with Gasteiger partial charge in [-0.15, -0.1) is 0 Å². The van der Waals surface area contributed by atoms with E-state index in [0.717, 1.165) is 11.1 Å².